The standard InChI is InChI=1S/C27H30FN3O3/c1-16-7-8-17(28)13-23(16)34-15-21-19(20-10-9-18(29-4)14-24(20)33-6)11-12-22-25(21)31(5)26(32)27(2,3)30-22/h7-14,29-30H,15H2,1-6H3. The van der Waals surface area contributed by atoms with Crippen LogP contribution in [-0.4, -0.2) is 32.7 Å². The van der Waals surface area contributed by atoms with E-state index in [1.54, 1.807) is 25.1 Å². The highest BCUT2D eigenvalue weighted by molar-refractivity contribution is 6.08. The number of rotatable bonds is 6. The molecule has 34 heavy (non-hydrogen) atoms. The number of anilines is 3. The molecule has 1 heterocycles. The number of hydrogen-bond donors (Lipinski definition) is 2. The van der Waals surface area contributed by atoms with Crippen LogP contribution in [0.1, 0.15) is 25.0 Å². The molecule has 0 saturated heterocycles. The molecule has 0 aliphatic carbocycles. The average Bonchev–Trinajstić information content (AvgIpc) is 2.82. The SMILES string of the molecule is CNc1ccc(-c2ccc3c(c2COc2cc(F)ccc2C)N(C)C(=O)C(C)(C)N3)c(OC)c1. The third kappa shape index (κ3) is 4.14. The molecular weight excluding hydrogens is 433 g/mol. The van der Waals surface area contributed by atoms with Gasteiger partial charge in [0.05, 0.1) is 18.5 Å². The number of benzene rings is 3. The van der Waals surface area contributed by atoms with Gasteiger partial charge in [-0.05, 0) is 56.2 Å². The van der Waals surface area contributed by atoms with Gasteiger partial charge < -0.3 is 25.0 Å². The number of fused-ring (bicyclic) bond motifs is 1. The fourth-order valence-corrected chi connectivity index (χ4v) is 4.38. The summed E-state index contributed by atoms with van der Waals surface area (Å²) >= 11 is 0. The minimum absolute atomic E-state index is 0.0576. The molecule has 3 aromatic rings. The lowest BCUT2D eigenvalue weighted by Gasteiger charge is -2.39. The zero-order chi connectivity index (χ0) is 24.6. The van der Waals surface area contributed by atoms with Crippen molar-refractivity contribution >= 4 is 23.0 Å². The summed E-state index contributed by atoms with van der Waals surface area (Å²) < 4.78 is 25.7. The van der Waals surface area contributed by atoms with Crippen LogP contribution in [0.25, 0.3) is 11.1 Å². The number of methoxy groups -OCH3 is 1. The Morgan fingerprint density at radius 2 is 1.79 bits per heavy atom. The van der Waals surface area contributed by atoms with Crippen LogP contribution in [0, 0.1) is 12.7 Å². The molecule has 0 fully saturated rings. The predicted octanol–water partition coefficient (Wildman–Crippen LogP) is 5.60. The Morgan fingerprint density at radius 1 is 1.06 bits per heavy atom. The van der Waals surface area contributed by atoms with Gasteiger partial charge in [0.15, 0.2) is 0 Å². The largest absolute Gasteiger partial charge is 0.496 e. The second-order valence-corrected chi connectivity index (χ2v) is 8.97. The third-order valence-corrected chi connectivity index (χ3v) is 6.21. The Hall–Kier alpha value is -3.74. The maximum atomic E-state index is 13.9. The number of halogens is 1. The molecule has 4 rings (SSSR count). The van der Waals surface area contributed by atoms with E-state index in [1.807, 2.05) is 58.2 Å². The van der Waals surface area contributed by atoms with E-state index in [1.165, 1.54) is 12.1 Å². The Kier molecular flexibility index (Phi) is 6.13. The summed E-state index contributed by atoms with van der Waals surface area (Å²) in [6.45, 7) is 5.72. The van der Waals surface area contributed by atoms with Gasteiger partial charge in [-0.25, -0.2) is 4.39 Å². The topological polar surface area (TPSA) is 62.8 Å². The summed E-state index contributed by atoms with van der Waals surface area (Å²) in [6, 6.07) is 14.3. The van der Waals surface area contributed by atoms with Crippen LogP contribution >= 0.6 is 0 Å². The van der Waals surface area contributed by atoms with Gasteiger partial charge in [0.2, 0.25) is 0 Å². The molecule has 2 N–H and O–H groups in total. The zero-order valence-electron chi connectivity index (χ0n) is 20.4. The molecule has 178 valence electrons. The lowest BCUT2D eigenvalue weighted by atomic mass is 9.91. The number of carbonyl (C=O) groups excluding carboxylic acids is 1. The highest BCUT2D eigenvalue weighted by atomic mass is 19.1. The summed E-state index contributed by atoms with van der Waals surface area (Å²) in [5.74, 6) is 0.723. The molecule has 7 heteroatoms. The molecule has 0 atom stereocenters. The number of likely N-dealkylation sites (N-methyl/N-ethyl adjacent to an activating group) is 1. The van der Waals surface area contributed by atoms with Crippen molar-refractivity contribution in [3.8, 4) is 22.6 Å². The number of hydrogen-bond acceptors (Lipinski definition) is 5. The number of nitrogens with zero attached hydrogens (tertiary/aromatic N) is 1. The monoisotopic (exact) mass is 463 g/mol. The van der Waals surface area contributed by atoms with Crippen molar-refractivity contribution in [1.29, 1.82) is 0 Å². The fraction of sp³-hybridized carbons (Fsp3) is 0.296. The van der Waals surface area contributed by atoms with Crippen molar-refractivity contribution < 1.29 is 18.7 Å². The highest BCUT2D eigenvalue weighted by Crippen LogP contribution is 2.44. The van der Waals surface area contributed by atoms with Crippen molar-refractivity contribution in [3.05, 3.63) is 65.5 Å². The minimum Gasteiger partial charge on any atom is -0.496 e. The summed E-state index contributed by atoms with van der Waals surface area (Å²) in [7, 11) is 5.25. The second kappa shape index (κ2) is 8.89. The van der Waals surface area contributed by atoms with E-state index in [4.69, 9.17) is 9.47 Å². The molecule has 0 radical (unpaired) electrons. The molecule has 0 spiro atoms. The quantitative estimate of drug-likeness (QED) is 0.498. The van der Waals surface area contributed by atoms with Crippen molar-refractivity contribution in [3.63, 3.8) is 0 Å². The summed E-state index contributed by atoms with van der Waals surface area (Å²) in [5.41, 5.74) is 5.10. The molecule has 0 bridgehead atoms. The van der Waals surface area contributed by atoms with Crippen LogP contribution in [0.15, 0.2) is 48.5 Å². The minimum atomic E-state index is -0.743. The number of aryl methyl sites for hydroxylation is 1. The van der Waals surface area contributed by atoms with Gasteiger partial charge >= 0.3 is 0 Å². The molecule has 0 unspecified atom stereocenters. The van der Waals surface area contributed by atoms with Crippen LogP contribution in [0.5, 0.6) is 11.5 Å². The Morgan fingerprint density at radius 3 is 2.50 bits per heavy atom. The van der Waals surface area contributed by atoms with E-state index < -0.39 is 5.54 Å². The molecule has 1 amide bonds. The molecule has 1 aliphatic heterocycles. The number of carbonyl (C=O) groups is 1. The summed E-state index contributed by atoms with van der Waals surface area (Å²) in [4.78, 5) is 14.8. The molecule has 3 aromatic carbocycles. The summed E-state index contributed by atoms with van der Waals surface area (Å²) in [6.07, 6.45) is 0. The van der Waals surface area contributed by atoms with Crippen LogP contribution in [-0.2, 0) is 11.4 Å². The Labute approximate surface area is 199 Å². The maximum Gasteiger partial charge on any atom is 0.251 e. The Balaban J connectivity index is 1.89. The van der Waals surface area contributed by atoms with Gasteiger partial charge in [0.1, 0.15) is 29.5 Å². The molecule has 1 aliphatic rings. The lowest BCUT2D eigenvalue weighted by Crippen LogP contribution is -2.52. The smallest absolute Gasteiger partial charge is 0.251 e. The molecule has 0 saturated carbocycles. The second-order valence-electron chi connectivity index (χ2n) is 8.97. The first-order valence-electron chi connectivity index (χ1n) is 11.1. The van der Waals surface area contributed by atoms with Crippen LogP contribution in [0.2, 0.25) is 0 Å². The van der Waals surface area contributed by atoms with E-state index >= 15 is 0 Å². The average molecular weight is 464 g/mol. The highest BCUT2D eigenvalue weighted by Gasteiger charge is 2.38. The van der Waals surface area contributed by atoms with Gasteiger partial charge in [0.25, 0.3) is 5.91 Å². The van der Waals surface area contributed by atoms with Crippen LogP contribution in [0.3, 0.4) is 0 Å². The first-order valence-corrected chi connectivity index (χ1v) is 11.1. The van der Waals surface area contributed by atoms with Crippen molar-refractivity contribution in [2.75, 3.05) is 36.7 Å². The van der Waals surface area contributed by atoms with E-state index in [0.29, 0.717) is 11.5 Å². The van der Waals surface area contributed by atoms with Gasteiger partial charge in [-0.3, -0.25) is 4.79 Å². The van der Waals surface area contributed by atoms with E-state index in [0.717, 1.165) is 39.3 Å². The van der Waals surface area contributed by atoms with E-state index in [9.17, 15) is 9.18 Å². The number of amides is 1. The predicted molar refractivity (Wildman–Crippen MR) is 135 cm³/mol. The van der Waals surface area contributed by atoms with Crippen molar-refractivity contribution in [1.82, 2.24) is 0 Å². The number of ether oxygens (including phenoxy) is 2. The van der Waals surface area contributed by atoms with E-state index in [-0.39, 0.29) is 18.3 Å². The van der Waals surface area contributed by atoms with Gasteiger partial charge in [-0.1, -0.05) is 12.1 Å². The van der Waals surface area contributed by atoms with Gasteiger partial charge in [-0.15, -0.1) is 0 Å². The maximum absolute atomic E-state index is 13.9. The first-order chi connectivity index (χ1) is 16.2. The van der Waals surface area contributed by atoms with E-state index in [2.05, 4.69) is 10.6 Å². The summed E-state index contributed by atoms with van der Waals surface area (Å²) in [5, 5.41) is 6.47. The third-order valence-electron chi connectivity index (χ3n) is 6.21. The van der Waals surface area contributed by atoms with Crippen molar-refractivity contribution in [2.45, 2.75) is 32.9 Å². The normalized spacial score (nSPS) is 14.3. The van der Waals surface area contributed by atoms with Gasteiger partial charge in [-0.2, -0.15) is 0 Å². The first kappa shape index (κ1) is 23.4. The molecule has 0 aromatic heterocycles. The molecular formula is C27H30FN3O3. The zero-order valence-corrected chi connectivity index (χ0v) is 20.4. The van der Waals surface area contributed by atoms with Crippen LogP contribution < -0.4 is 25.0 Å². The lowest BCUT2D eigenvalue weighted by molar-refractivity contribution is -0.121. The molecule has 6 nitrogen and oxygen atoms in total. The number of nitrogens with one attached hydrogen (secondary N) is 2. The van der Waals surface area contributed by atoms with Crippen LogP contribution in [0.4, 0.5) is 21.5 Å². The van der Waals surface area contributed by atoms with Crippen molar-refractivity contribution in [2.24, 2.45) is 0 Å². The fourth-order valence-electron chi connectivity index (χ4n) is 4.38. The van der Waals surface area contributed by atoms with Gasteiger partial charge in [0, 0.05) is 43.0 Å². The Bertz CT molecular complexity index is 1260.